The van der Waals surface area contributed by atoms with Crippen molar-refractivity contribution in [2.24, 2.45) is 0 Å². The molecule has 228 valence electrons. The lowest BCUT2D eigenvalue weighted by molar-refractivity contribution is 0.0469. The lowest BCUT2D eigenvalue weighted by Crippen LogP contribution is -2.31. The van der Waals surface area contributed by atoms with Gasteiger partial charge in [-0.1, -0.05) is 31.0 Å². The van der Waals surface area contributed by atoms with Crippen LogP contribution in [0, 0.1) is 11.3 Å². The number of amides is 1. The summed E-state index contributed by atoms with van der Waals surface area (Å²) in [5.41, 5.74) is 2.74. The number of likely N-dealkylation sites (N-methyl/N-ethyl adjacent to an activating group) is 1. The highest BCUT2D eigenvalue weighted by molar-refractivity contribution is 7.19. The minimum Gasteiger partial charge on any atom is -0.448 e. The summed E-state index contributed by atoms with van der Waals surface area (Å²) < 4.78 is 23.2. The third-order valence-electron chi connectivity index (χ3n) is 6.61. The maximum Gasteiger partial charge on any atom is 0.407 e. The van der Waals surface area contributed by atoms with Crippen LogP contribution in [-0.2, 0) is 14.2 Å². The molecule has 2 aromatic heterocycles. The second-order valence-corrected chi connectivity index (χ2v) is 11.3. The molecule has 0 unspecified atom stereocenters. The number of nitrogens with zero attached hydrogens (tertiary/aromatic N) is 3. The summed E-state index contributed by atoms with van der Waals surface area (Å²) in [6.45, 7) is 3.32. The number of hydrogen-bond donors (Lipinski definition) is 1. The third kappa shape index (κ3) is 10.3. The van der Waals surface area contributed by atoms with Gasteiger partial charge in [-0.15, -0.1) is 22.9 Å². The molecule has 1 N–H and O–H groups in total. The molecule has 43 heavy (non-hydrogen) atoms. The number of para-hydroxylation sites is 2. The fourth-order valence-electron chi connectivity index (χ4n) is 4.28. The van der Waals surface area contributed by atoms with Crippen LogP contribution in [0.25, 0.3) is 32.8 Å². The van der Waals surface area contributed by atoms with Crippen LogP contribution in [0.3, 0.4) is 0 Å². The van der Waals surface area contributed by atoms with Gasteiger partial charge in [0, 0.05) is 41.3 Å². The zero-order valence-corrected chi connectivity index (χ0v) is 25.9. The minimum atomic E-state index is -0.470. The molecule has 0 fully saturated rings. The van der Waals surface area contributed by atoms with Gasteiger partial charge in [0.25, 0.3) is 0 Å². The van der Waals surface area contributed by atoms with Crippen molar-refractivity contribution >= 4 is 67.6 Å². The van der Waals surface area contributed by atoms with Gasteiger partial charge < -0.3 is 28.8 Å². The number of rotatable bonds is 18. The van der Waals surface area contributed by atoms with E-state index < -0.39 is 6.09 Å². The van der Waals surface area contributed by atoms with Gasteiger partial charge in [-0.05, 0) is 54.6 Å². The molecule has 0 aliphatic rings. The average molecular weight is 625 g/mol. The number of carbonyl (C=O) groups is 1. The van der Waals surface area contributed by atoms with Crippen molar-refractivity contribution in [3.8, 4) is 6.07 Å². The van der Waals surface area contributed by atoms with Gasteiger partial charge in [-0.25, -0.2) is 9.78 Å². The van der Waals surface area contributed by atoms with E-state index in [1.165, 1.54) is 0 Å². The van der Waals surface area contributed by atoms with Crippen molar-refractivity contribution in [3.63, 3.8) is 0 Å². The molecule has 9 nitrogen and oxygen atoms in total. The number of ether oxygens (including phenoxy) is 3. The zero-order chi connectivity index (χ0) is 30.3. The molecule has 0 aliphatic carbocycles. The number of anilines is 1. The molecule has 0 saturated heterocycles. The predicted octanol–water partition coefficient (Wildman–Crippen LogP) is 7.10. The summed E-state index contributed by atoms with van der Waals surface area (Å²) in [7, 11) is 1.95. The zero-order valence-electron chi connectivity index (χ0n) is 24.4. The van der Waals surface area contributed by atoms with Crippen molar-refractivity contribution in [1.82, 2.24) is 10.3 Å². The maximum atomic E-state index is 12.0. The maximum absolute atomic E-state index is 12.0. The van der Waals surface area contributed by atoms with E-state index in [4.69, 9.17) is 30.2 Å². The molecule has 0 radical (unpaired) electrons. The monoisotopic (exact) mass is 624 g/mol. The van der Waals surface area contributed by atoms with Crippen LogP contribution in [0.4, 0.5) is 10.5 Å². The number of hydrogen-bond acceptors (Lipinski definition) is 9. The molecule has 2 heterocycles. The number of halogens is 1. The Balaban J connectivity index is 1.15. The van der Waals surface area contributed by atoms with Gasteiger partial charge in [-0.2, -0.15) is 5.26 Å². The number of nitriles is 1. The van der Waals surface area contributed by atoms with Crippen molar-refractivity contribution in [3.05, 3.63) is 59.3 Å². The van der Waals surface area contributed by atoms with E-state index >= 15 is 0 Å². The van der Waals surface area contributed by atoms with Gasteiger partial charge in [0.1, 0.15) is 23.8 Å². The van der Waals surface area contributed by atoms with E-state index in [-0.39, 0.29) is 6.61 Å². The summed E-state index contributed by atoms with van der Waals surface area (Å²) in [5.74, 6) is 1.03. The summed E-state index contributed by atoms with van der Waals surface area (Å²) in [5, 5.41) is 13.5. The van der Waals surface area contributed by atoms with Gasteiger partial charge in [0.05, 0.1) is 26.4 Å². The quantitative estimate of drug-likeness (QED) is 0.0709. The molecule has 2 aromatic carbocycles. The van der Waals surface area contributed by atoms with Crippen LogP contribution >= 0.6 is 22.9 Å². The van der Waals surface area contributed by atoms with Crippen molar-refractivity contribution in [1.29, 1.82) is 5.26 Å². The molecule has 1 amide bonds. The molecule has 0 saturated carbocycles. The van der Waals surface area contributed by atoms with Gasteiger partial charge in [0.2, 0.25) is 5.89 Å². The van der Waals surface area contributed by atoms with Crippen LogP contribution < -0.4 is 10.2 Å². The van der Waals surface area contributed by atoms with Gasteiger partial charge >= 0.3 is 6.09 Å². The predicted molar refractivity (Wildman–Crippen MR) is 173 cm³/mol. The Morgan fingerprint density at radius 2 is 1.88 bits per heavy atom. The SMILES string of the molecule is CN(CCOC(=O)NCCOCCOCCCCCCCl)c1ccc2cc(/C=C(\C#N)c3nc4ccccc4o3)sc2c1. The normalized spacial score (nSPS) is 11.6. The number of carbonyl (C=O) groups excluding carboxylic acids is 1. The fraction of sp³-hybridized carbons (Fsp3) is 0.406. The lowest BCUT2D eigenvalue weighted by atomic mass is 10.2. The smallest absolute Gasteiger partial charge is 0.407 e. The Kier molecular flexibility index (Phi) is 13.1. The Hall–Kier alpha value is -3.62. The first-order chi connectivity index (χ1) is 21.1. The van der Waals surface area contributed by atoms with Gasteiger partial charge in [0.15, 0.2) is 5.58 Å². The number of thiophene rings is 1. The van der Waals surface area contributed by atoms with E-state index in [1.807, 2.05) is 54.4 Å². The molecule has 11 heteroatoms. The first-order valence-electron chi connectivity index (χ1n) is 14.4. The molecule has 0 atom stereocenters. The van der Waals surface area contributed by atoms with E-state index in [1.54, 1.807) is 17.4 Å². The number of unbranched alkanes of at least 4 members (excludes halogenated alkanes) is 3. The van der Waals surface area contributed by atoms with Crippen LogP contribution in [0.1, 0.15) is 36.5 Å². The topological polar surface area (TPSA) is 110 Å². The number of oxazole rings is 1. The second-order valence-electron chi connectivity index (χ2n) is 9.84. The lowest BCUT2D eigenvalue weighted by Gasteiger charge is -2.19. The summed E-state index contributed by atoms with van der Waals surface area (Å²) in [6.07, 6.45) is 5.70. The third-order valence-corrected chi connectivity index (χ3v) is 7.93. The highest BCUT2D eigenvalue weighted by atomic mass is 35.5. The van der Waals surface area contributed by atoms with Crippen molar-refractivity contribution < 1.29 is 23.4 Å². The summed E-state index contributed by atoms with van der Waals surface area (Å²) in [4.78, 5) is 19.4. The molecule has 4 rings (SSSR count). The van der Waals surface area contributed by atoms with Crippen LogP contribution in [0.5, 0.6) is 0 Å². The van der Waals surface area contributed by atoms with Crippen LogP contribution in [0.2, 0.25) is 0 Å². The Bertz CT molecular complexity index is 1500. The number of aromatic nitrogens is 1. The standard InChI is InChI=1S/C32H37ClN4O5S/c1-37(14-17-41-32(38)35-13-16-40-19-18-39-15-7-3-2-6-12-33)26-11-10-24-20-27(43-30(24)22-26)21-25(23-34)31-36-28-8-4-5-9-29(28)42-31/h4-5,8-11,20-22H,2-3,6-7,12-19H2,1H3,(H,35,38)/b25-21+. The molecule has 0 spiro atoms. The summed E-state index contributed by atoms with van der Waals surface area (Å²) in [6, 6.07) is 17.9. The molecular weight excluding hydrogens is 588 g/mol. The number of fused-ring (bicyclic) bond motifs is 2. The van der Waals surface area contributed by atoms with Crippen LogP contribution in [0.15, 0.2) is 52.9 Å². The number of allylic oxidation sites excluding steroid dienone is 1. The van der Waals surface area contributed by atoms with E-state index in [2.05, 4.69) is 22.4 Å². The van der Waals surface area contributed by atoms with Crippen molar-refractivity contribution in [2.75, 3.05) is 64.0 Å². The van der Waals surface area contributed by atoms with E-state index in [0.717, 1.165) is 64.3 Å². The first-order valence-corrected chi connectivity index (χ1v) is 15.8. The first kappa shape index (κ1) is 32.3. The largest absolute Gasteiger partial charge is 0.448 e. The highest BCUT2D eigenvalue weighted by Crippen LogP contribution is 2.32. The second kappa shape index (κ2) is 17.5. The fourth-order valence-corrected chi connectivity index (χ4v) is 5.51. The minimum absolute atomic E-state index is 0.244. The Labute approximate surface area is 261 Å². The molecule has 0 aliphatic heterocycles. The summed E-state index contributed by atoms with van der Waals surface area (Å²) >= 11 is 7.24. The average Bonchev–Trinajstić information content (AvgIpc) is 3.63. The Morgan fingerprint density at radius 1 is 1.07 bits per heavy atom. The number of alkyl carbamates (subject to hydrolysis) is 1. The number of alkyl halides is 1. The number of benzene rings is 2. The van der Waals surface area contributed by atoms with E-state index in [9.17, 15) is 10.1 Å². The Morgan fingerprint density at radius 3 is 2.70 bits per heavy atom. The van der Waals surface area contributed by atoms with Crippen LogP contribution in [-0.4, -0.2) is 70.1 Å². The highest BCUT2D eigenvalue weighted by Gasteiger charge is 2.12. The van der Waals surface area contributed by atoms with E-state index in [0.29, 0.717) is 50.0 Å². The van der Waals surface area contributed by atoms with Gasteiger partial charge in [-0.3, -0.25) is 0 Å². The molecular formula is C32H37ClN4O5S. The number of nitrogens with one attached hydrogen (secondary N) is 1. The molecule has 0 bridgehead atoms. The van der Waals surface area contributed by atoms with Crippen molar-refractivity contribution in [2.45, 2.75) is 25.7 Å². The molecule has 4 aromatic rings.